The highest BCUT2D eigenvalue weighted by Crippen LogP contribution is 2.33. The fourth-order valence-corrected chi connectivity index (χ4v) is 4.48. The van der Waals surface area contributed by atoms with E-state index >= 15 is 0 Å². The van der Waals surface area contributed by atoms with Gasteiger partial charge < -0.3 is 24.6 Å². The fraction of sp³-hybridized carbons (Fsp3) is 0.565. The van der Waals surface area contributed by atoms with Gasteiger partial charge in [-0.3, -0.25) is 9.59 Å². The van der Waals surface area contributed by atoms with Crippen LogP contribution in [0.1, 0.15) is 48.0 Å². The number of nitrogens with zero attached hydrogens (tertiary/aromatic N) is 2. The second-order valence-electron chi connectivity index (χ2n) is 8.23. The number of fused-ring (bicyclic) bond motifs is 1. The quantitative estimate of drug-likeness (QED) is 0.629. The summed E-state index contributed by atoms with van der Waals surface area (Å²) in [5.41, 5.74) is 2.19. The summed E-state index contributed by atoms with van der Waals surface area (Å²) < 4.78 is 11.6. The van der Waals surface area contributed by atoms with Gasteiger partial charge in [-0.25, -0.2) is 0 Å². The number of allylic oxidation sites excluding steroid dienone is 1. The molecule has 0 bridgehead atoms. The van der Waals surface area contributed by atoms with Gasteiger partial charge in [-0.15, -0.1) is 0 Å². The van der Waals surface area contributed by atoms with Gasteiger partial charge in [-0.1, -0.05) is 12.6 Å². The van der Waals surface area contributed by atoms with Crippen LogP contribution in [0.25, 0.3) is 0 Å². The Bertz CT molecular complexity index is 804. The largest absolute Gasteiger partial charge is 0.491 e. The topological polar surface area (TPSA) is 71.1 Å². The third-order valence-electron chi connectivity index (χ3n) is 6.10. The van der Waals surface area contributed by atoms with E-state index < -0.39 is 6.04 Å². The highest BCUT2D eigenvalue weighted by molar-refractivity contribution is 6.02. The Morgan fingerprint density at radius 2 is 1.97 bits per heavy atom. The van der Waals surface area contributed by atoms with Crippen molar-refractivity contribution in [3.05, 3.63) is 41.6 Å². The standard InChI is InChI=1S/C23H31N3O4/c1-17-8-9-20(22(27)24-17)26-16-19-18(23(26)28)6-4-7-21(19)30-15-14-29-13-5-12-25-10-2-3-11-25/h4,6-7,20H,1-3,5,8-16H2,(H,24,27). The van der Waals surface area contributed by atoms with Crippen LogP contribution >= 0.6 is 0 Å². The maximum Gasteiger partial charge on any atom is 0.255 e. The first kappa shape index (κ1) is 20.9. The lowest BCUT2D eigenvalue weighted by Gasteiger charge is -2.31. The molecule has 1 aromatic carbocycles. The predicted molar refractivity (Wildman–Crippen MR) is 113 cm³/mol. The zero-order valence-electron chi connectivity index (χ0n) is 17.5. The summed E-state index contributed by atoms with van der Waals surface area (Å²) in [5, 5.41) is 2.77. The van der Waals surface area contributed by atoms with E-state index in [-0.39, 0.29) is 11.8 Å². The van der Waals surface area contributed by atoms with Gasteiger partial charge in [0.05, 0.1) is 13.2 Å². The first-order valence-corrected chi connectivity index (χ1v) is 11.0. The van der Waals surface area contributed by atoms with E-state index in [9.17, 15) is 9.59 Å². The van der Waals surface area contributed by atoms with Crippen LogP contribution in [0.4, 0.5) is 0 Å². The molecule has 3 aliphatic heterocycles. The highest BCUT2D eigenvalue weighted by Gasteiger charge is 2.39. The number of rotatable bonds is 9. The van der Waals surface area contributed by atoms with E-state index in [1.165, 1.54) is 25.9 Å². The molecule has 1 N–H and O–H groups in total. The zero-order valence-corrected chi connectivity index (χ0v) is 17.5. The average molecular weight is 414 g/mol. The van der Waals surface area contributed by atoms with Crippen molar-refractivity contribution in [1.82, 2.24) is 15.1 Å². The number of carbonyl (C=O) groups is 2. The van der Waals surface area contributed by atoms with E-state index in [1.54, 1.807) is 11.0 Å². The van der Waals surface area contributed by atoms with Gasteiger partial charge in [0.1, 0.15) is 18.4 Å². The predicted octanol–water partition coefficient (Wildman–Crippen LogP) is 2.32. The molecule has 0 aliphatic carbocycles. The summed E-state index contributed by atoms with van der Waals surface area (Å²) in [6, 6.07) is 5.06. The molecule has 162 valence electrons. The Labute approximate surface area is 178 Å². The smallest absolute Gasteiger partial charge is 0.255 e. The molecule has 2 fully saturated rings. The lowest BCUT2D eigenvalue weighted by molar-refractivity contribution is -0.126. The number of ether oxygens (including phenoxy) is 2. The number of benzene rings is 1. The molecule has 1 unspecified atom stereocenters. The minimum absolute atomic E-state index is 0.110. The fourth-order valence-electron chi connectivity index (χ4n) is 4.48. The van der Waals surface area contributed by atoms with Crippen LogP contribution in [0.5, 0.6) is 5.75 Å². The molecule has 4 rings (SSSR count). The van der Waals surface area contributed by atoms with Crippen molar-refractivity contribution >= 4 is 11.8 Å². The third-order valence-corrected chi connectivity index (χ3v) is 6.10. The van der Waals surface area contributed by atoms with E-state index in [0.29, 0.717) is 49.6 Å². The maximum atomic E-state index is 12.9. The van der Waals surface area contributed by atoms with Crippen molar-refractivity contribution in [2.24, 2.45) is 0 Å². The van der Waals surface area contributed by atoms with Gasteiger partial charge in [0, 0.05) is 30.0 Å². The van der Waals surface area contributed by atoms with Crippen molar-refractivity contribution in [2.75, 3.05) is 39.5 Å². The number of hydrogen-bond donors (Lipinski definition) is 1. The molecular formula is C23H31N3O4. The lowest BCUT2D eigenvalue weighted by atomic mass is 10.0. The number of hydrogen-bond acceptors (Lipinski definition) is 5. The second-order valence-corrected chi connectivity index (χ2v) is 8.23. The van der Waals surface area contributed by atoms with Gasteiger partial charge in [-0.05, 0) is 57.3 Å². The van der Waals surface area contributed by atoms with Crippen LogP contribution in [0.2, 0.25) is 0 Å². The summed E-state index contributed by atoms with van der Waals surface area (Å²) in [5.74, 6) is 0.433. The van der Waals surface area contributed by atoms with Gasteiger partial charge in [0.2, 0.25) is 5.91 Å². The molecule has 30 heavy (non-hydrogen) atoms. The van der Waals surface area contributed by atoms with Crippen molar-refractivity contribution in [3.8, 4) is 5.75 Å². The van der Waals surface area contributed by atoms with Crippen LogP contribution < -0.4 is 10.1 Å². The summed E-state index contributed by atoms with van der Waals surface area (Å²) >= 11 is 0. The molecule has 1 atom stereocenters. The van der Waals surface area contributed by atoms with Gasteiger partial charge in [-0.2, -0.15) is 0 Å². The molecule has 0 radical (unpaired) electrons. The zero-order chi connectivity index (χ0) is 20.9. The number of nitrogens with one attached hydrogen (secondary N) is 1. The van der Waals surface area contributed by atoms with Gasteiger partial charge in [0.25, 0.3) is 5.91 Å². The third kappa shape index (κ3) is 4.68. The number of piperidine rings is 1. The lowest BCUT2D eigenvalue weighted by Crippen LogP contribution is -2.49. The van der Waals surface area contributed by atoms with Crippen molar-refractivity contribution in [1.29, 1.82) is 0 Å². The summed E-state index contributed by atoms with van der Waals surface area (Å²) in [7, 11) is 0. The molecule has 0 spiro atoms. The van der Waals surface area contributed by atoms with Crippen molar-refractivity contribution < 1.29 is 19.1 Å². The Morgan fingerprint density at radius 1 is 1.13 bits per heavy atom. The first-order chi connectivity index (χ1) is 14.6. The molecule has 3 aliphatic rings. The Balaban J connectivity index is 1.25. The molecule has 2 saturated heterocycles. The minimum atomic E-state index is -0.456. The number of amides is 2. The number of carbonyl (C=O) groups excluding carboxylic acids is 2. The van der Waals surface area contributed by atoms with Crippen molar-refractivity contribution in [2.45, 2.75) is 44.7 Å². The molecule has 7 heteroatoms. The summed E-state index contributed by atoms with van der Waals surface area (Å²) in [6.45, 7) is 9.44. The SMILES string of the molecule is C=C1CCC(N2Cc3c(OCCOCCCN4CCCC4)cccc3C2=O)C(=O)N1. The Kier molecular flexibility index (Phi) is 6.69. The maximum absolute atomic E-state index is 12.9. The van der Waals surface area contributed by atoms with Crippen LogP contribution in [-0.4, -0.2) is 67.1 Å². The molecule has 3 heterocycles. The van der Waals surface area contributed by atoms with Gasteiger partial charge in [0.15, 0.2) is 0 Å². The van der Waals surface area contributed by atoms with Crippen LogP contribution in [0.15, 0.2) is 30.5 Å². The van der Waals surface area contributed by atoms with Crippen molar-refractivity contribution in [3.63, 3.8) is 0 Å². The number of likely N-dealkylation sites (tertiary alicyclic amines) is 1. The van der Waals surface area contributed by atoms with E-state index in [2.05, 4.69) is 16.8 Å². The van der Waals surface area contributed by atoms with Gasteiger partial charge >= 0.3 is 0 Å². The monoisotopic (exact) mass is 413 g/mol. The molecule has 0 aromatic heterocycles. The minimum Gasteiger partial charge on any atom is -0.491 e. The van der Waals surface area contributed by atoms with Crippen LogP contribution in [-0.2, 0) is 16.1 Å². The van der Waals surface area contributed by atoms with E-state index in [0.717, 1.165) is 25.1 Å². The molecule has 0 saturated carbocycles. The molecular weight excluding hydrogens is 382 g/mol. The Morgan fingerprint density at radius 3 is 2.77 bits per heavy atom. The highest BCUT2D eigenvalue weighted by atomic mass is 16.5. The Hall–Kier alpha value is -2.38. The molecule has 1 aromatic rings. The van der Waals surface area contributed by atoms with E-state index in [1.807, 2.05) is 12.1 Å². The molecule has 7 nitrogen and oxygen atoms in total. The summed E-state index contributed by atoms with van der Waals surface area (Å²) in [6.07, 6.45) is 4.97. The summed E-state index contributed by atoms with van der Waals surface area (Å²) in [4.78, 5) is 29.3. The second kappa shape index (κ2) is 9.62. The average Bonchev–Trinajstić information content (AvgIpc) is 3.36. The first-order valence-electron chi connectivity index (χ1n) is 11.0. The normalized spacial score (nSPS) is 21.8. The van der Waals surface area contributed by atoms with E-state index in [4.69, 9.17) is 9.47 Å². The molecule has 2 amide bonds. The van der Waals surface area contributed by atoms with Crippen LogP contribution in [0.3, 0.4) is 0 Å². The van der Waals surface area contributed by atoms with Crippen LogP contribution in [0, 0.1) is 0 Å².